The number of nitrogens with zero attached hydrogens (tertiary/aromatic N) is 2. The molecule has 0 atom stereocenters. The Bertz CT molecular complexity index is 510. The van der Waals surface area contributed by atoms with E-state index >= 15 is 0 Å². The maximum atomic E-state index is 5.35. The van der Waals surface area contributed by atoms with E-state index in [1.165, 1.54) is 11.1 Å². The smallest absolute Gasteiger partial charge is 0.151 e. The summed E-state index contributed by atoms with van der Waals surface area (Å²) in [5, 5.41) is 7.10. The van der Waals surface area contributed by atoms with Gasteiger partial charge in [-0.15, -0.1) is 0 Å². The Labute approximate surface area is 107 Å². The fourth-order valence-electron chi connectivity index (χ4n) is 2.43. The van der Waals surface area contributed by atoms with Gasteiger partial charge in [-0.25, -0.2) is 0 Å². The van der Waals surface area contributed by atoms with Crippen LogP contribution in [0.5, 0.6) is 0 Å². The normalized spacial score (nSPS) is 14.9. The first-order valence-corrected chi connectivity index (χ1v) is 6.23. The largest absolute Gasteiger partial charge is 0.360 e. The van der Waals surface area contributed by atoms with Gasteiger partial charge in [-0.3, -0.25) is 4.90 Å². The van der Waals surface area contributed by atoms with Gasteiger partial charge in [0, 0.05) is 25.7 Å². The zero-order chi connectivity index (χ0) is 12.4. The van der Waals surface area contributed by atoms with Gasteiger partial charge in [0.2, 0.25) is 0 Å². The lowest BCUT2D eigenvalue weighted by atomic mass is 10.1. The van der Waals surface area contributed by atoms with Gasteiger partial charge in [-0.1, -0.05) is 29.4 Å². The molecule has 0 radical (unpaired) electrons. The van der Waals surface area contributed by atoms with Crippen LogP contribution in [0.25, 0.3) is 0 Å². The first-order valence-electron chi connectivity index (χ1n) is 6.23. The molecule has 1 aliphatic heterocycles. The molecule has 0 aliphatic carbocycles. The molecule has 1 aliphatic rings. The summed E-state index contributed by atoms with van der Waals surface area (Å²) in [6, 6.07) is 10.6. The molecule has 0 saturated carbocycles. The van der Waals surface area contributed by atoms with E-state index < -0.39 is 0 Å². The molecular formula is C14H17N3O. The van der Waals surface area contributed by atoms with E-state index in [4.69, 9.17) is 4.52 Å². The molecule has 1 N–H and O–H groups in total. The van der Waals surface area contributed by atoms with Crippen molar-refractivity contribution in [2.45, 2.75) is 26.2 Å². The van der Waals surface area contributed by atoms with Crippen molar-refractivity contribution >= 4 is 0 Å². The summed E-state index contributed by atoms with van der Waals surface area (Å²) < 4.78 is 5.35. The van der Waals surface area contributed by atoms with Crippen LogP contribution in [0.4, 0.5) is 0 Å². The number of nitrogens with one attached hydrogen (secondary N) is 1. The lowest BCUT2D eigenvalue weighted by Crippen LogP contribution is -2.15. The second kappa shape index (κ2) is 4.92. The van der Waals surface area contributed by atoms with Crippen LogP contribution in [-0.4, -0.2) is 17.1 Å². The minimum Gasteiger partial charge on any atom is -0.360 e. The number of rotatable bonds is 4. The Morgan fingerprint density at radius 2 is 2.00 bits per heavy atom. The number of hydrogen-bond donors (Lipinski definition) is 1. The van der Waals surface area contributed by atoms with Crippen LogP contribution in [0.3, 0.4) is 0 Å². The number of aromatic nitrogens is 1. The van der Waals surface area contributed by atoms with E-state index in [9.17, 15) is 0 Å². The third-order valence-corrected chi connectivity index (χ3v) is 3.25. The van der Waals surface area contributed by atoms with Crippen molar-refractivity contribution in [3.8, 4) is 0 Å². The number of benzene rings is 1. The second-order valence-corrected chi connectivity index (χ2v) is 4.73. The second-order valence-electron chi connectivity index (χ2n) is 4.73. The molecule has 0 saturated heterocycles. The number of hydrogen-bond acceptors (Lipinski definition) is 4. The summed E-state index contributed by atoms with van der Waals surface area (Å²) in [5.74, 6) is 0.938. The lowest BCUT2D eigenvalue weighted by molar-refractivity contribution is 0.235. The van der Waals surface area contributed by atoms with Crippen LogP contribution in [-0.2, 0) is 26.2 Å². The molecule has 3 rings (SSSR count). The third-order valence-electron chi connectivity index (χ3n) is 3.25. The van der Waals surface area contributed by atoms with Gasteiger partial charge in [0.1, 0.15) is 0 Å². The molecule has 4 heteroatoms. The molecule has 2 aromatic rings. The van der Waals surface area contributed by atoms with Gasteiger partial charge in [0.05, 0.1) is 12.2 Å². The van der Waals surface area contributed by atoms with Crippen molar-refractivity contribution in [1.82, 2.24) is 15.4 Å². The van der Waals surface area contributed by atoms with E-state index in [-0.39, 0.29) is 0 Å². The van der Waals surface area contributed by atoms with E-state index in [1.54, 1.807) is 0 Å². The average Bonchev–Trinajstić information content (AvgIpc) is 2.96. The molecule has 4 nitrogen and oxygen atoms in total. The summed E-state index contributed by atoms with van der Waals surface area (Å²) >= 11 is 0. The molecule has 0 fully saturated rings. The molecule has 18 heavy (non-hydrogen) atoms. The van der Waals surface area contributed by atoms with Crippen LogP contribution in [0.2, 0.25) is 0 Å². The molecule has 94 valence electrons. The quantitative estimate of drug-likeness (QED) is 0.890. The van der Waals surface area contributed by atoms with Crippen molar-refractivity contribution in [1.29, 1.82) is 0 Å². The molecule has 0 spiro atoms. The predicted molar refractivity (Wildman–Crippen MR) is 68.7 cm³/mol. The molecule has 1 aromatic carbocycles. The first-order chi connectivity index (χ1) is 8.85. The highest BCUT2D eigenvalue weighted by Crippen LogP contribution is 2.23. The SMILES string of the molecule is CNCc1cc(CN2Cc3ccccc3C2)on1. The standard InChI is InChI=1S/C14H17N3O/c1-15-7-13-6-14(18-16-13)10-17-8-11-4-2-3-5-12(11)9-17/h2-6,15H,7-10H2,1H3. The first kappa shape index (κ1) is 11.4. The van der Waals surface area contributed by atoms with Gasteiger partial charge >= 0.3 is 0 Å². The molecule has 0 bridgehead atoms. The summed E-state index contributed by atoms with van der Waals surface area (Å²) in [5.41, 5.74) is 3.81. The molecular weight excluding hydrogens is 226 g/mol. The zero-order valence-electron chi connectivity index (χ0n) is 10.5. The van der Waals surface area contributed by atoms with Crippen LogP contribution in [0.15, 0.2) is 34.9 Å². The number of fused-ring (bicyclic) bond motifs is 1. The van der Waals surface area contributed by atoms with Gasteiger partial charge in [0.15, 0.2) is 5.76 Å². The summed E-state index contributed by atoms with van der Waals surface area (Å²) in [6.45, 7) is 3.57. The van der Waals surface area contributed by atoms with Crippen molar-refractivity contribution < 1.29 is 4.52 Å². The maximum Gasteiger partial charge on any atom is 0.151 e. The van der Waals surface area contributed by atoms with Gasteiger partial charge in [-0.2, -0.15) is 0 Å². The molecule has 0 amide bonds. The molecule has 0 unspecified atom stereocenters. The minimum atomic E-state index is 0.754. The Hall–Kier alpha value is -1.65. The van der Waals surface area contributed by atoms with Crippen molar-refractivity contribution in [3.63, 3.8) is 0 Å². The molecule has 2 heterocycles. The Kier molecular flexibility index (Phi) is 3.13. The Morgan fingerprint density at radius 1 is 1.28 bits per heavy atom. The Balaban J connectivity index is 1.65. The highest BCUT2D eigenvalue weighted by atomic mass is 16.5. The zero-order valence-corrected chi connectivity index (χ0v) is 10.5. The summed E-state index contributed by atoms with van der Waals surface area (Å²) in [7, 11) is 1.91. The minimum absolute atomic E-state index is 0.754. The average molecular weight is 243 g/mol. The van der Waals surface area contributed by atoms with Crippen LogP contribution in [0, 0.1) is 0 Å². The molecule has 1 aromatic heterocycles. The van der Waals surface area contributed by atoms with Crippen LogP contribution in [0.1, 0.15) is 22.6 Å². The van der Waals surface area contributed by atoms with Crippen LogP contribution < -0.4 is 5.32 Å². The maximum absolute atomic E-state index is 5.35. The van der Waals surface area contributed by atoms with E-state index in [2.05, 4.69) is 39.6 Å². The highest BCUT2D eigenvalue weighted by Gasteiger charge is 2.19. The highest BCUT2D eigenvalue weighted by molar-refractivity contribution is 5.30. The summed E-state index contributed by atoms with van der Waals surface area (Å²) in [6.07, 6.45) is 0. The van der Waals surface area contributed by atoms with Crippen molar-refractivity contribution in [2.75, 3.05) is 7.05 Å². The monoisotopic (exact) mass is 243 g/mol. The van der Waals surface area contributed by atoms with Crippen molar-refractivity contribution in [2.24, 2.45) is 0 Å². The van der Waals surface area contributed by atoms with E-state index in [1.807, 2.05) is 13.1 Å². The van der Waals surface area contributed by atoms with E-state index in [0.29, 0.717) is 0 Å². The van der Waals surface area contributed by atoms with Crippen LogP contribution >= 0.6 is 0 Å². The topological polar surface area (TPSA) is 41.3 Å². The van der Waals surface area contributed by atoms with Gasteiger partial charge in [-0.05, 0) is 18.2 Å². The summed E-state index contributed by atoms with van der Waals surface area (Å²) in [4.78, 5) is 2.37. The third kappa shape index (κ3) is 2.30. The van der Waals surface area contributed by atoms with Gasteiger partial charge < -0.3 is 9.84 Å². The van der Waals surface area contributed by atoms with Crippen molar-refractivity contribution in [3.05, 3.63) is 52.9 Å². The predicted octanol–water partition coefficient (Wildman–Crippen LogP) is 1.91. The Morgan fingerprint density at radius 3 is 2.67 bits per heavy atom. The fourth-order valence-corrected chi connectivity index (χ4v) is 2.43. The van der Waals surface area contributed by atoms with E-state index in [0.717, 1.165) is 37.6 Å². The van der Waals surface area contributed by atoms with Gasteiger partial charge in [0.25, 0.3) is 0 Å². The lowest BCUT2D eigenvalue weighted by Gasteiger charge is -2.11. The fraction of sp³-hybridized carbons (Fsp3) is 0.357.